The monoisotopic (exact) mass is 191 g/mol. The van der Waals surface area contributed by atoms with Crippen LogP contribution in [0.1, 0.15) is 27.2 Å². The predicted molar refractivity (Wildman–Crippen MR) is 58.6 cm³/mol. The van der Waals surface area contributed by atoms with Crippen molar-refractivity contribution < 1.29 is 4.79 Å². The van der Waals surface area contributed by atoms with Gasteiger partial charge in [-0.25, -0.2) is 0 Å². The highest BCUT2D eigenvalue weighted by molar-refractivity contribution is 5.93. The molecule has 0 bridgehead atoms. The molecule has 76 valence electrons. The normalized spacial score (nSPS) is 21.8. The third-order valence-corrected chi connectivity index (χ3v) is 2.48. The summed E-state index contributed by atoms with van der Waals surface area (Å²) < 4.78 is 0. The molecule has 1 aliphatic carbocycles. The van der Waals surface area contributed by atoms with E-state index in [0.29, 0.717) is 5.92 Å². The molecular weight excluding hydrogens is 174 g/mol. The van der Waals surface area contributed by atoms with Gasteiger partial charge in [-0.05, 0) is 32.3 Å². The molecule has 0 aliphatic heterocycles. The summed E-state index contributed by atoms with van der Waals surface area (Å²) in [4.78, 5) is 11.5. The summed E-state index contributed by atoms with van der Waals surface area (Å²) in [5, 5.41) is 2.92. The molecular formula is C12H17NO. The highest BCUT2D eigenvalue weighted by Crippen LogP contribution is 2.17. The Hall–Kier alpha value is -1.31. The average Bonchev–Trinajstić information content (AvgIpc) is 2.20. The molecule has 0 aromatic heterocycles. The zero-order valence-corrected chi connectivity index (χ0v) is 9.00. The van der Waals surface area contributed by atoms with E-state index < -0.39 is 0 Å². The van der Waals surface area contributed by atoms with Crippen LogP contribution in [0.3, 0.4) is 0 Å². The smallest absolute Gasteiger partial charge is 0.250 e. The molecule has 1 atom stereocenters. The Kier molecular flexibility index (Phi) is 3.69. The van der Waals surface area contributed by atoms with Crippen molar-refractivity contribution in [1.29, 1.82) is 0 Å². The fourth-order valence-electron chi connectivity index (χ4n) is 1.27. The number of hydrogen-bond acceptors (Lipinski definition) is 1. The summed E-state index contributed by atoms with van der Waals surface area (Å²) in [7, 11) is 0. The SMILES string of the molecule is C/C=C(\C)C(=O)NC1=CC=CCC1C. The first kappa shape index (κ1) is 10.8. The van der Waals surface area contributed by atoms with Crippen LogP contribution in [0.2, 0.25) is 0 Å². The molecule has 0 saturated carbocycles. The van der Waals surface area contributed by atoms with Crippen molar-refractivity contribution in [1.82, 2.24) is 5.32 Å². The van der Waals surface area contributed by atoms with E-state index in [4.69, 9.17) is 0 Å². The molecule has 1 unspecified atom stereocenters. The molecule has 1 rings (SSSR count). The van der Waals surface area contributed by atoms with E-state index >= 15 is 0 Å². The summed E-state index contributed by atoms with van der Waals surface area (Å²) in [6.45, 7) is 5.80. The highest BCUT2D eigenvalue weighted by atomic mass is 16.1. The predicted octanol–water partition coefficient (Wildman–Crippen LogP) is 2.55. The van der Waals surface area contributed by atoms with Gasteiger partial charge in [0.15, 0.2) is 0 Å². The summed E-state index contributed by atoms with van der Waals surface area (Å²) in [6, 6.07) is 0. The lowest BCUT2D eigenvalue weighted by molar-refractivity contribution is -0.116. The molecule has 0 fully saturated rings. The minimum absolute atomic E-state index is 0.000833. The number of amides is 1. The van der Waals surface area contributed by atoms with E-state index in [0.717, 1.165) is 17.7 Å². The largest absolute Gasteiger partial charge is 0.326 e. The van der Waals surface area contributed by atoms with Crippen LogP contribution in [-0.2, 0) is 4.79 Å². The number of allylic oxidation sites excluding steroid dienone is 5. The number of rotatable bonds is 2. The van der Waals surface area contributed by atoms with Gasteiger partial charge in [0.05, 0.1) is 0 Å². The number of hydrogen-bond donors (Lipinski definition) is 1. The van der Waals surface area contributed by atoms with Crippen LogP contribution >= 0.6 is 0 Å². The Morgan fingerprint density at radius 3 is 2.93 bits per heavy atom. The maximum absolute atomic E-state index is 11.5. The lowest BCUT2D eigenvalue weighted by Gasteiger charge is -2.18. The topological polar surface area (TPSA) is 29.1 Å². The fourth-order valence-corrected chi connectivity index (χ4v) is 1.27. The van der Waals surface area contributed by atoms with Gasteiger partial charge in [-0.15, -0.1) is 0 Å². The zero-order valence-electron chi connectivity index (χ0n) is 9.00. The van der Waals surface area contributed by atoms with Crippen molar-refractivity contribution >= 4 is 5.91 Å². The minimum atomic E-state index is 0.000833. The Morgan fingerprint density at radius 2 is 2.36 bits per heavy atom. The number of carbonyl (C=O) groups is 1. The van der Waals surface area contributed by atoms with Gasteiger partial charge in [-0.2, -0.15) is 0 Å². The third kappa shape index (κ3) is 2.59. The second-order valence-corrected chi connectivity index (χ2v) is 3.61. The Morgan fingerprint density at radius 1 is 1.64 bits per heavy atom. The summed E-state index contributed by atoms with van der Waals surface area (Å²) in [5.41, 5.74) is 1.77. The molecule has 14 heavy (non-hydrogen) atoms. The van der Waals surface area contributed by atoms with Crippen molar-refractivity contribution in [2.75, 3.05) is 0 Å². The zero-order chi connectivity index (χ0) is 10.6. The first-order valence-electron chi connectivity index (χ1n) is 4.96. The van der Waals surface area contributed by atoms with Crippen LogP contribution in [0.25, 0.3) is 0 Å². The maximum Gasteiger partial charge on any atom is 0.250 e. The molecule has 1 amide bonds. The lowest BCUT2D eigenvalue weighted by Crippen LogP contribution is -2.27. The van der Waals surface area contributed by atoms with Gasteiger partial charge >= 0.3 is 0 Å². The summed E-state index contributed by atoms with van der Waals surface area (Å²) >= 11 is 0. The van der Waals surface area contributed by atoms with Crippen molar-refractivity contribution in [3.05, 3.63) is 35.6 Å². The van der Waals surface area contributed by atoms with Gasteiger partial charge in [-0.3, -0.25) is 4.79 Å². The van der Waals surface area contributed by atoms with Gasteiger partial charge in [-0.1, -0.05) is 25.2 Å². The van der Waals surface area contributed by atoms with Crippen LogP contribution in [-0.4, -0.2) is 5.91 Å². The Bertz CT molecular complexity index is 310. The number of nitrogens with one attached hydrogen (secondary N) is 1. The molecule has 0 radical (unpaired) electrons. The van der Waals surface area contributed by atoms with Crippen LogP contribution in [0.4, 0.5) is 0 Å². The van der Waals surface area contributed by atoms with E-state index in [1.807, 2.05) is 32.1 Å². The standard InChI is InChI=1S/C12H17NO/c1-4-9(2)12(14)13-11-8-6-5-7-10(11)3/h4-6,8,10H,7H2,1-3H3,(H,13,14)/b9-4+. The van der Waals surface area contributed by atoms with Crippen LogP contribution in [0.5, 0.6) is 0 Å². The summed E-state index contributed by atoms with van der Waals surface area (Å²) in [6.07, 6.45) is 8.89. The van der Waals surface area contributed by atoms with Crippen molar-refractivity contribution in [3.63, 3.8) is 0 Å². The molecule has 0 saturated heterocycles. The quantitative estimate of drug-likeness (QED) is 0.668. The third-order valence-electron chi connectivity index (χ3n) is 2.48. The van der Waals surface area contributed by atoms with Gasteiger partial charge in [0.2, 0.25) is 0 Å². The lowest BCUT2D eigenvalue weighted by atomic mass is 9.99. The first-order chi connectivity index (χ1) is 6.65. The van der Waals surface area contributed by atoms with Gasteiger partial charge in [0.1, 0.15) is 0 Å². The average molecular weight is 191 g/mol. The first-order valence-corrected chi connectivity index (χ1v) is 4.96. The van der Waals surface area contributed by atoms with Crippen molar-refractivity contribution in [2.45, 2.75) is 27.2 Å². The van der Waals surface area contributed by atoms with Crippen molar-refractivity contribution in [3.8, 4) is 0 Å². The van der Waals surface area contributed by atoms with E-state index in [1.54, 1.807) is 0 Å². The van der Waals surface area contributed by atoms with Gasteiger partial charge < -0.3 is 5.32 Å². The maximum atomic E-state index is 11.5. The molecule has 0 aromatic rings. The minimum Gasteiger partial charge on any atom is -0.326 e. The van der Waals surface area contributed by atoms with Crippen LogP contribution in [0, 0.1) is 5.92 Å². The summed E-state index contributed by atoms with van der Waals surface area (Å²) in [5.74, 6) is 0.412. The highest BCUT2D eigenvalue weighted by Gasteiger charge is 2.12. The van der Waals surface area contributed by atoms with Crippen LogP contribution in [0.15, 0.2) is 35.6 Å². The van der Waals surface area contributed by atoms with Crippen molar-refractivity contribution in [2.24, 2.45) is 5.92 Å². The Labute approximate surface area is 85.4 Å². The molecule has 2 heteroatoms. The second-order valence-electron chi connectivity index (χ2n) is 3.61. The van der Waals surface area contributed by atoms with E-state index in [1.165, 1.54) is 0 Å². The molecule has 0 heterocycles. The molecule has 1 aliphatic rings. The van der Waals surface area contributed by atoms with E-state index in [2.05, 4.69) is 18.3 Å². The van der Waals surface area contributed by atoms with Crippen LogP contribution < -0.4 is 5.32 Å². The van der Waals surface area contributed by atoms with E-state index in [-0.39, 0.29) is 5.91 Å². The van der Waals surface area contributed by atoms with Gasteiger partial charge in [0, 0.05) is 11.3 Å². The second kappa shape index (κ2) is 4.80. The Balaban J connectivity index is 2.64. The van der Waals surface area contributed by atoms with Gasteiger partial charge in [0.25, 0.3) is 5.91 Å². The molecule has 1 N–H and O–H groups in total. The fraction of sp³-hybridized carbons (Fsp3) is 0.417. The number of carbonyl (C=O) groups excluding carboxylic acids is 1. The molecule has 2 nitrogen and oxygen atoms in total. The molecule has 0 spiro atoms. The molecule has 0 aromatic carbocycles. The van der Waals surface area contributed by atoms with E-state index in [9.17, 15) is 4.79 Å².